The van der Waals surface area contributed by atoms with Crippen molar-refractivity contribution in [3.05, 3.63) is 75.6 Å². The van der Waals surface area contributed by atoms with E-state index in [4.69, 9.17) is 4.42 Å². The number of nitrogens with one attached hydrogen (secondary N) is 2. The number of para-hydroxylation sites is 1. The van der Waals surface area contributed by atoms with Crippen LogP contribution in [0.2, 0.25) is 0 Å². The molecule has 7 nitrogen and oxygen atoms in total. The van der Waals surface area contributed by atoms with Gasteiger partial charge in [0.2, 0.25) is 5.91 Å². The molecule has 4 rings (SSSR count). The van der Waals surface area contributed by atoms with E-state index in [1.165, 1.54) is 16.3 Å². The van der Waals surface area contributed by atoms with Crippen LogP contribution in [0.4, 0.5) is 5.69 Å². The van der Waals surface area contributed by atoms with Crippen LogP contribution in [-0.2, 0) is 11.3 Å². The lowest BCUT2D eigenvalue weighted by molar-refractivity contribution is -0.113. The Hall–Kier alpha value is -3.26. The lowest BCUT2D eigenvalue weighted by Gasteiger charge is -2.13. The molecule has 30 heavy (non-hydrogen) atoms. The molecule has 0 aliphatic carbocycles. The van der Waals surface area contributed by atoms with Crippen molar-refractivity contribution in [3.8, 4) is 0 Å². The zero-order chi connectivity index (χ0) is 21.3. The summed E-state index contributed by atoms with van der Waals surface area (Å²) >= 11 is 1.23. The Morgan fingerprint density at radius 1 is 1.20 bits per heavy atom. The number of hydrogen-bond acceptors (Lipinski definition) is 5. The Labute approximate surface area is 177 Å². The molecule has 1 aromatic carbocycles. The first-order valence-electron chi connectivity index (χ1n) is 9.54. The molecule has 0 aliphatic rings. The van der Waals surface area contributed by atoms with Gasteiger partial charge in [0.15, 0.2) is 5.16 Å². The smallest absolute Gasteiger partial charge is 0.278 e. The van der Waals surface area contributed by atoms with Crippen molar-refractivity contribution < 1.29 is 9.21 Å². The van der Waals surface area contributed by atoms with Crippen molar-refractivity contribution in [2.45, 2.75) is 32.5 Å². The zero-order valence-electron chi connectivity index (χ0n) is 17.0. The number of rotatable bonds is 6. The van der Waals surface area contributed by atoms with Gasteiger partial charge in [-0.15, -0.1) is 0 Å². The molecule has 0 spiro atoms. The van der Waals surface area contributed by atoms with Crippen LogP contribution in [0.5, 0.6) is 0 Å². The summed E-state index contributed by atoms with van der Waals surface area (Å²) in [6, 6.07) is 11.3. The normalized spacial score (nSPS) is 11.2. The minimum Gasteiger partial charge on any atom is -0.467 e. The number of furan rings is 1. The van der Waals surface area contributed by atoms with Gasteiger partial charge < -0.3 is 14.7 Å². The van der Waals surface area contributed by atoms with E-state index in [2.05, 4.69) is 15.3 Å². The molecule has 4 aromatic rings. The third-order valence-electron chi connectivity index (χ3n) is 4.81. The molecule has 0 aliphatic heterocycles. The monoisotopic (exact) mass is 422 g/mol. The van der Waals surface area contributed by atoms with Crippen molar-refractivity contribution >= 4 is 34.4 Å². The summed E-state index contributed by atoms with van der Waals surface area (Å²) in [6.07, 6.45) is 1.57. The standard InChI is InChI=1S/C22H22N4O3S/c1-13-6-4-7-14(2)19(13)25-18(27)12-30-22-24-17-10-15(3)23-20(17)21(28)26(22)11-16-8-5-9-29-16/h4-10,23H,11-12H2,1-3H3,(H,25,27). The fraction of sp³-hybridized carbons (Fsp3) is 0.227. The van der Waals surface area contributed by atoms with E-state index in [1.54, 1.807) is 18.4 Å². The van der Waals surface area contributed by atoms with Gasteiger partial charge in [-0.2, -0.15) is 0 Å². The van der Waals surface area contributed by atoms with Crippen LogP contribution in [0.15, 0.2) is 57.0 Å². The number of amides is 1. The molecule has 1 amide bonds. The second kappa shape index (κ2) is 8.23. The Kier molecular flexibility index (Phi) is 5.50. The van der Waals surface area contributed by atoms with Gasteiger partial charge in [0.1, 0.15) is 11.3 Å². The molecule has 3 aromatic heterocycles. The first kappa shape index (κ1) is 20.0. The number of thioether (sulfide) groups is 1. The number of H-pyrrole nitrogens is 1. The summed E-state index contributed by atoms with van der Waals surface area (Å²) in [5.41, 5.74) is 4.53. The van der Waals surface area contributed by atoms with E-state index in [1.807, 2.05) is 45.0 Å². The van der Waals surface area contributed by atoms with Crippen LogP contribution >= 0.6 is 11.8 Å². The molecular weight excluding hydrogens is 400 g/mol. The number of aromatic amines is 1. The van der Waals surface area contributed by atoms with Gasteiger partial charge in [0, 0.05) is 11.4 Å². The minimum atomic E-state index is -0.192. The van der Waals surface area contributed by atoms with Crippen molar-refractivity contribution in [1.82, 2.24) is 14.5 Å². The highest BCUT2D eigenvalue weighted by Gasteiger charge is 2.16. The van der Waals surface area contributed by atoms with E-state index in [9.17, 15) is 9.59 Å². The summed E-state index contributed by atoms with van der Waals surface area (Å²) in [4.78, 5) is 33.3. The Balaban J connectivity index is 1.61. The number of carbonyl (C=O) groups is 1. The number of hydrogen-bond donors (Lipinski definition) is 2. The van der Waals surface area contributed by atoms with E-state index in [0.717, 1.165) is 22.5 Å². The number of aromatic nitrogens is 3. The average molecular weight is 423 g/mol. The maximum Gasteiger partial charge on any atom is 0.278 e. The van der Waals surface area contributed by atoms with Crippen LogP contribution in [0.1, 0.15) is 22.6 Å². The molecule has 0 fully saturated rings. The summed E-state index contributed by atoms with van der Waals surface area (Å²) in [5, 5.41) is 3.44. The summed E-state index contributed by atoms with van der Waals surface area (Å²) in [7, 11) is 0. The van der Waals surface area contributed by atoms with Gasteiger partial charge in [-0.05, 0) is 50.1 Å². The van der Waals surface area contributed by atoms with Crippen LogP contribution in [-0.4, -0.2) is 26.2 Å². The molecule has 0 bridgehead atoms. The second-order valence-corrected chi connectivity index (χ2v) is 8.12. The molecule has 0 saturated heterocycles. The third kappa shape index (κ3) is 4.04. The molecule has 154 valence electrons. The van der Waals surface area contributed by atoms with Crippen LogP contribution in [0.25, 0.3) is 11.0 Å². The topological polar surface area (TPSA) is 92.9 Å². The predicted molar refractivity (Wildman–Crippen MR) is 118 cm³/mol. The Bertz CT molecular complexity index is 1250. The third-order valence-corrected chi connectivity index (χ3v) is 5.79. The number of anilines is 1. The maximum atomic E-state index is 13.1. The van der Waals surface area contributed by atoms with Crippen molar-refractivity contribution in [3.63, 3.8) is 0 Å². The second-order valence-electron chi connectivity index (χ2n) is 7.18. The summed E-state index contributed by atoms with van der Waals surface area (Å²) in [5.74, 6) is 0.623. The number of nitrogens with zero attached hydrogens (tertiary/aromatic N) is 2. The molecule has 0 radical (unpaired) electrons. The van der Waals surface area contributed by atoms with Crippen LogP contribution in [0.3, 0.4) is 0 Å². The van der Waals surface area contributed by atoms with Crippen molar-refractivity contribution in [2.24, 2.45) is 0 Å². The molecule has 2 N–H and O–H groups in total. The zero-order valence-corrected chi connectivity index (χ0v) is 17.8. The number of benzene rings is 1. The Morgan fingerprint density at radius 3 is 2.67 bits per heavy atom. The molecular formula is C22H22N4O3S. The van der Waals surface area contributed by atoms with E-state index in [0.29, 0.717) is 22.0 Å². The fourth-order valence-electron chi connectivity index (χ4n) is 3.34. The lowest BCUT2D eigenvalue weighted by atomic mass is 10.1. The van der Waals surface area contributed by atoms with E-state index < -0.39 is 0 Å². The van der Waals surface area contributed by atoms with Gasteiger partial charge in [0.05, 0.1) is 24.1 Å². The highest BCUT2D eigenvalue weighted by molar-refractivity contribution is 7.99. The molecule has 0 saturated carbocycles. The minimum absolute atomic E-state index is 0.132. The maximum absolute atomic E-state index is 13.1. The van der Waals surface area contributed by atoms with Crippen molar-refractivity contribution in [2.75, 3.05) is 11.1 Å². The average Bonchev–Trinajstić information content (AvgIpc) is 3.35. The number of carbonyl (C=O) groups excluding carboxylic acids is 1. The quantitative estimate of drug-likeness (QED) is 0.362. The van der Waals surface area contributed by atoms with Crippen LogP contribution < -0.4 is 10.9 Å². The molecule has 0 atom stereocenters. The number of fused-ring (bicyclic) bond motifs is 1. The lowest BCUT2D eigenvalue weighted by Crippen LogP contribution is -2.25. The highest BCUT2D eigenvalue weighted by Crippen LogP contribution is 2.22. The Morgan fingerprint density at radius 2 is 1.97 bits per heavy atom. The largest absolute Gasteiger partial charge is 0.467 e. The van der Waals surface area contributed by atoms with Crippen LogP contribution in [0, 0.1) is 20.8 Å². The summed E-state index contributed by atoms with van der Waals surface area (Å²) in [6.45, 7) is 6.04. The fourth-order valence-corrected chi connectivity index (χ4v) is 4.13. The highest BCUT2D eigenvalue weighted by atomic mass is 32.2. The predicted octanol–water partition coefficient (Wildman–Crippen LogP) is 4.02. The first-order chi connectivity index (χ1) is 14.4. The van der Waals surface area contributed by atoms with Gasteiger partial charge >= 0.3 is 0 Å². The molecule has 3 heterocycles. The molecule has 0 unspecified atom stereocenters. The van der Waals surface area contributed by atoms with Gasteiger partial charge in [-0.3, -0.25) is 14.2 Å². The molecule has 8 heteroatoms. The summed E-state index contributed by atoms with van der Waals surface area (Å²) < 4.78 is 6.95. The van der Waals surface area contributed by atoms with Gasteiger partial charge in [0.25, 0.3) is 5.56 Å². The van der Waals surface area contributed by atoms with Gasteiger partial charge in [-0.1, -0.05) is 30.0 Å². The van der Waals surface area contributed by atoms with E-state index in [-0.39, 0.29) is 23.8 Å². The number of aryl methyl sites for hydroxylation is 3. The SMILES string of the molecule is Cc1cc2nc(SCC(=O)Nc3c(C)cccc3C)n(Cc3ccco3)c(=O)c2[nH]1. The van der Waals surface area contributed by atoms with Crippen molar-refractivity contribution in [1.29, 1.82) is 0 Å². The first-order valence-corrected chi connectivity index (χ1v) is 10.5. The van der Waals surface area contributed by atoms with Gasteiger partial charge in [-0.25, -0.2) is 4.98 Å². The van der Waals surface area contributed by atoms with E-state index >= 15 is 0 Å².